The van der Waals surface area contributed by atoms with Crippen molar-refractivity contribution in [3.63, 3.8) is 0 Å². The number of sulfone groups is 1. The van der Waals surface area contributed by atoms with Crippen LogP contribution in [0.25, 0.3) is 0 Å². The van der Waals surface area contributed by atoms with E-state index >= 15 is 0 Å². The number of hydrogen-bond donors (Lipinski definition) is 1. The Morgan fingerprint density at radius 2 is 2.16 bits per heavy atom. The topological polar surface area (TPSA) is 46.2 Å². The fourth-order valence-corrected chi connectivity index (χ4v) is 4.09. The monoisotopic (exact) mass is 301 g/mol. The van der Waals surface area contributed by atoms with Gasteiger partial charge in [-0.2, -0.15) is 0 Å². The summed E-state index contributed by atoms with van der Waals surface area (Å²) in [6, 6.07) is 6.59. The lowest BCUT2D eigenvalue weighted by atomic mass is 10.2. The summed E-state index contributed by atoms with van der Waals surface area (Å²) in [6.45, 7) is 2.95. The van der Waals surface area contributed by atoms with Gasteiger partial charge in [-0.3, -0.25) is 0 Å². The molecule has 0 aromatic heterocycles. The van der Waals surface area contributed by atoms with E-state index in [2.05, 4.69) is 12.2 Å². The summed E-state index contributed by atoms with van der Waals surface area (Å²) in [5, 5.41) is 3.82. The highest BCUT2D eigenvalue weighted by Crippen LogP contribution is 2.34. The van der Waals surface area contributed by atoms with Gasteiger partial charge in [0.2, 0.25) is 0 Å². The number of benzene rings is 1. The van der Waals surface area contributed by atoms with E-state index in [-0.39, 0.29) is 11.8 Å². The molecule has 0 bridgehead atoms. The molecule has 0 heterocycles. The minimum atomic E-state index is -3.26. The molecule has 1 fully saturated rings. The molecular weight excluding hydrogens is 282 g/mol. The lowest BCUT2D eigenvalue weighted by Crippen LogP contribution is -2.38. The molecule has 0 spiro atoms. The van der Waals surface area contributed by atoms with E-state index in [1.807, 2.05) is 0 Å². The van der Waals surface area contributed by atoms with Crippen LogP contribution in [0.1, 0.15) is 26.2 Å². The average Bonchev–Trinajstić information content (AvgIpc) is 3.18. The van der Waals surface area contributed by atoms with Gasteiger partial charge in [0, 0.05) is 11.1 Å². The van der Waals surface area contributed by atoms with Crippen LogP contribution in [-0.2, 0) is 9.84 Å². The lowest BCUT2D eigenvalue weighted by molar-refractivity contribution is 0.489. The van der Waals surface area contributed by atoms with E-state index in [0.29, 0.717) is 15.8 Å². The molecule has 1 saturated carbocycles. The van der Waals surface area contributed by atoms with Crippen molar-refractivity contribution in [2.24, 2.45) is 5.92 Å². The Balaban J connectivity index is 2.10. The van der Waals surface area contributed by atoms with Crippen molar-refractivity contribution in [1.82, 2.24) is 5.32 Å². The Kier molecular flexibility index (Phi) is 4.87. The maximum absolute atomic E-state index is 12.4. The second-order valence-electron chi connectivity index (χ2n) is 5.14. The highest BCUT2D eigenvalue weighted by Gasteiger charge is 2.34. The summed E-state index contributed by atoms with van der Waals surface area (Å²) < 4.78 is 24.8. The van der Waals surface area contributed by atoms with E-state index in [1.54, 1.807) is 18.2 Å². The van der Waals surface area contributed by atoms with Crippen LogP contribution in [0.3, 0.4) is 0 Å². The molecule has 5 heteroatoms. The van der Waals surface area contributed by atoms with Crippen molar-refractivity contribution in [3.05, 3.63) is 29.3 Å². The highest BCUT2D eigenvalue weighted by atomic mass is 35.5. The predicted molar refractivity (Wildman–Crippen MR) is 78.3 cm³/mol. The van der Waals surface area contributed by atoms with Gasteiger partial charge in [0.25, 0.3) is 0 Å². The van der Waals surface area contributed by atoms with E-state index in [4.69, 9.17) is 11.6 Å². The van der Waals surface area contributed by atoms with Crippen molar-refractivity contribution in [2.45, 2.75) is 37.1 Å². The first kappa shape index (κ1) is 14.8. The molecule has 1 N–H and O–H groups in total. The van der Waals surface area contributed by atoms with Gasteiger partial charge in [-0.15, -0.1) is 0 Å². The van der Waals surface area contributed by atoms with Crippen LogP contribution >= 0.6 is 11.6 Å². The zero-order chi connectivity index (χ0) is 13.9. The van der Waals surface area contributed by atoms with Gasteiger partial charge in [-0.05, 0) is 49.9 Å². The smallest absolute Gasteiger partial charge is 0.179 e. The molecule has 106 valence electrons. The second kappa shape index (κ2) is 6.25. The van der Waals surface area contributed by atoms with Gasteiger partial charge < -0.3 is 5.32 Å². The van der Waals surface area contributed by atoms with Crippen molar-refractivity contribution < 1.29 is 8.42 Å². The number of hydrogen-bond acceptors (Lipinski definition) is 3. The van der Waals surface area contributed by atoms with Gasteiger partial charge in [-0.1, -0.05) is 24.6 Å². The van der Waals surface area contributed by atoms with Gasteiger partial charge in [0.05, 0.1) is 10.6 Å². The van der Waals surface area contributed by atoms with Crippen molar-refractivity contribution >= 4 is 21.4 Å². The zero-order valence-corrected chi connectivity index (χ0v) is 12.7. The van der Waals surface area contributed by atoms with Gasteiger partial charge >= 0.3 is 0 Å². The number of halogens is 1. The minimum absolute atomic E-state index is 0.0731. The molecule has 0 amide bonds. The molecule has 3 nitrogen and oxygen atoms in total. The summed E-state index contributed by atoms with van der Waals surface area (Å²) in [5.74, 6) is 0.679. The summed E-state index contributed by atoms with van der Waals surface area (Å²) in [7, 11) is -3.26. The molecular formula is C14H20ClNO2S. The molecule has 0 saturated heterocycles. The van der Waals surface area contributed by atoms with E-state index in [1.165, 1.54) is 6.07 Å². The first-order chi connectivity index (χ1) is 9.03. The van der Waals surface area contributed by atoms with Crippen molar-refractivity contribution in [1.29, 1.82) is 0 Å². The Labute approximate surface area is 120 Å². The first-order valence-corrected chi connectivity index (χ1v) is 8.77. The van der Waals surface area contributed by atoms with Gasteiger partial charge in [0.15, 0.2) is 9.84 Å². The van der Waals surface area contributed by atoms with Crippen LogP contribution in [0.2, 0.25) is 5.02 Å². The largest absolute Gasteiger partial charge is 0.313 e. The quantitative estimate of drug-likeness (QED) is 0.842. The van der Waals surface area contributed by atoms with Gasteiger partial charge in [-0.25, -0.2) is 8.42 Å². The zero-order valence-electron chi connectivity index (χ0n) is 11.1. The summed E-state index contributed by atoms with van der Waals surface area (Å²) in [5.41, 5.74) is 0. The first-order valence-electron chi connectivity index (χ1n) is 6.74. The maximum Gasteiger partial charge on any atom is 0.179 e. The third-order valence-corrected chi connectivity index (χ3v) is 5.41. The van der Waals surface area contributed by atoms with Crippen molar-refractivity contribution in [2.75, 3.05) is 12.3 Å². The minimum Gasteiger partial charge on any atom is -0.313 e. The molecule has 1 aliphatic rings. The van der Waals surface area contributed by atoms with E-state index in [0.717, 1.165) is 25.8 Å². The lowest BCUT2D eigenvalue weighted by Gasteiger charge is -2.18. The molecule has 0 aliphatic heterocycles. The molecule has 1 atom stereocenters. The maximum atomic E-state index is 12.4. The Morgan fingerprint density at radius 3 is 2.74 bits per heavy atom. The number of nitrogens with one attached hydrogen (secondary N) is 1. The third kappa shape index (κ3) is 4.20. The second-order valence-corrected chi connectivity index (χ2v) is 7.61. The number of rotatable bonds is 7. The normalized spacial score (nSPS) is 17.4. The molecule has 1 aliphatic carbocycles. The van der Waals surface area contributed by atoms with E-state index in [9.17, 15) is 8.42 Å². The molecule has 19 heavy (non-hydrogen) atoms. The van der Waals surface area contributed by atoms with Crippen LogP contribution in [0, 0.1) is 5.92 Å². The molecule has 0 radical (unpaired) electrons. The predicted octanol–water partition coefficient (Wildman–Crippen LogP) is 2.89. The Hall–Kier alpha value is -0.580. The Morgan fingerprint density at radius 1 is 1.42 bits per heavy atom. The summed E-state index contributed by atoms with van der Waals surface area (Å²) in [4.78, 5) is 0.323. The standard InChI is InChI=1S/C14H20ClNO2S/c1-2-8-16-14(11-6-7-11)10-19(17,18)13-5-3-4-12(15)9-13/h3-5,9,11,14,16H,2,6-8,10H2,1H3. The fourth-order valence-electron chi connectivity index (χ4n) is 2.18. The molecule has 1 unspecified atom stereocenters. The van der Waals surface area contributed by atoms with Crippen LogP contribution in [0.15, 0.2) is 29.2 Å². The van der Waals surface area contributed by atoms with Crippen LogP contribution in [0.5, 0.6) is 0 Å². The molecule has 2 rings (SSSR count). The fraction of sp³-hybridized carbons (Fsp3) is 0.571. The average molecular weight is 302 g/mol. The molecule has 1 aromatic rings. The van der Waals surface area contributed by atoms with Gasteiger partial charge in [0.1, 0.15) is 0 Å². The van der Waals surface area contributed by atoms with Crippen molar-refractivity contribution in [3.8, 4) is 0 Å². The SMILES string of the molecule is CCCNC(CS(=O)(=O)c1cccc(Cl)c1)C1CC1. The third-order valence-electron chi connectivity index (χ3n) is 3.40. The van der Waals surface area contributed by atoms with Crippen LogP contribution in [0.4, 0.5) is 0 Å². The van der Waals surface area contributed by atoms with Crippen LogP contribution in [-0.4, -0.2) is 26.8 Å². The molecule has 1 aromatic carbocycles. The summed E-state index contributed by atoms with van der Waals surface area (Å²) in [6.07, 6.45) is 3.28. The van der Waals surface area contributed by atoms with Crippen LogP contribution < -0.4 is 5.32 Å². The highest BCUT2D eigenvalue weighted by molar-refractivity contribution is 7.91. The van der Waals surface area contributed by atoms with E-state index < -0.39 is 9.84 Å². The Bertz CT molecular complexity index is 526. The summed E-state index contributed by atoms with van der Waals surface area (Å²) >= 11 is 5.87.